The number of phenolic OH excluding ortho intramolecular Hbond substituents is 1. The number of aromatic hydroxyl groups is 1. The number of rotatable bonds is 5. The Kier molecular flexibility index (Phi) is 4.81. The van der Waals surface area contributed by atoms with Gasteiger partial charge in [-0.25, -0.2) is 10.4 Å². The lowest BCUT2D eigenvalue weighted by atomic mass is 10.2. The molecule has 0 saturated carbocycles. The second-order valence-electron chi connectivity index (χ2n) is 3.92. The van der Waals surface area contributed by atoms with Crippen molar-refractivity contribution in [3.63, 3.8) is 0 Å². The summed E-state index contributed by atoms with van der Waals surface area (Å²) >= 11 is 0. The molecule has 7 nitrogen and oxygen atoms in total. The molecule has 108 valence electrons. The number of nitrogens with one attached hydrogen (secondary N) is 1. The molecule has 7 heteroatoms. The molecule has 2 rings (SSSR count). The number of benzene rings is 1. The van der Waals surface area contributed by atoms with E-state index in [-0.39, 0.29) is 11.4 Å². The number of phenols is 1. The molecule has 1 aromatic heterocycles. The third-order valence-electron chi connectivity index (χ3n) is 2.50. The first-order valence-corrected chi connectivity index (χ1v) is 6.26. The molecule has 0 aliphatic heterocycles. The average Bonchev–Trinajstić information content (AvgIpc) is 2.52. The fourth-order valence-corrected chi connectivity index (χ4v) is 1.55. The summed E-state index contributed by atoms with van der Waals surface area (Å²) in [6.07, 6.45) is 5.54. The summed E-state index contributed by atoms with van der Waals surface area (Å²) in [4.78, 5) is 19.3. The minimum Gasteiger partial charge on any atom is -0.504 e. The van der Waals surface area contributed by atoms with Gasteiger partial charge in [0.1, 0.15) is 5.69 Å². The first-order valence-electron chi connectivity index (χ1n) is 6.26. The van der Waals surface area contributed by atoms with Crippen molar-refractivity contribution in [1.29, 1.82) is 0 Å². The number of carbonyl (C=O) groups is 1. The average molecular weight is 286 g/mol. The molecule has 0 unspecified atom stereocenters. The fraction of sp³-hybridized carbons (Fsp3) is 0.143. The summed E-state index contributed by atoms with van der Waals surface area (Å²) in [5.41, 5.74) is 2.89. The van der Waals surface area contributed by atoms with E-state index in [4.69, 9.17) is 4.74 Å². The summed E-state index contributed by atoms with van der Waals surface area (Å²) < 4.78 is 5.26. The molecule has 1 heterocycles. The fourth-order valence-electron chi connectivity index (χ4n) is 1.55. The van der Waals surface area contributed by atoms with E-state index in [2.05, 4.69) is 20.5 Å². The van der Waals surface area contributed by atoms with E-state index in [9.17, 15) is 9.90 Å². The van der Waals surface area contributed by atoms with Gasteiger partial charge in [-0.1, -0.05) is 6.07 Å². The summed E-state index contributed by atoms with van der Waals surface area (Å²) in [7, 11) is 0. The topological polar surface area (TPSA) is 96.7 Å². The normalized spacial score (nSPS) is 10.5. The second-order valence-corrected chi connectivity index (χ2v) is 3.92. The maximum absolute atomic E-state index is 11.7. The largest absolute Gasteiger partial charge is 0.504 e. The van der Waals surface area contributed by atoms with Crippen molar-refractivity contribution in [2.45, 2.75) is 6.92 Å². The van der Waals surface area contributed by atoms with Crippen LogP contribution in [-0.4, -0.2) is 33.8 Å². The van der Waals surface area contributed by atoms with Crippen molar-refractivity contribution >= 4 is 12.1 Å². The highest BCUT2D eigenvalue weighted by Gasteiger charge is 2.07. The van der Waals surface area contributed by atoms with Crippen LogP contribution in [0.25, 0.3) is 0 Å². The summed E-state index contributed by atoms with van der Waals surface area (Å²) in [6.45, 7) is 2.26. The quantitative estimate of drug-likeness (QED) is 0.638. The van der Waals surface area contributed by atoms with E-state index in [0.717, 1.165) is 0 Å². The van der Waals surface area contributed by atoms with Crippen LogP contribution in [0.5, 0.6) is 11.5 Å². The smallest absolute Gasteiger partial charge is 0.291 e. The van der Waals surface area contributed by atoms with Crippen LogP contribution in [0.15, 0.2) is 41.9 Å². The van der Waals surface area contributed by atoms with E-state index < -0.39 is 5.91 Å². The van der Waals surface area contributed by atoms with Crippen molar-refractivity contribution < 1.29 is 14.6 Å². The standard InChI is InChI=1S/C14H14N4O3/c1-2-21-12-5-3-4-10(13(12)19)8-17-18-14(20)11-9-15-6-7-16-11/h3-9,19H,2H2,1H3,(H,18,20)/b17-8+. The van der Waals surface area contributed by atoms with Gasteiger partial charge < -0.3 is 9.84 Å². The van der Waals surface area contributed by atoms with Crippen LogP contribution in [-0.2, 0) is 0 Å². The molecule has 0 radical (unpaired) electrons. The van der Waals surface area contributed by atoms with Gasteiger partial charge >= 0.3 is 0 Å². The maximum Gasteiger partial charge on any atom is 0.291 e. The zero-order chi connectivity index (χ0) is 15.1. The number of nitrogens with zero attached hydrogens (tertiary/aromatic N) is 3. The van der Waals surface area contributed by atoms with Crippen LogP contribution in [0.2, 0.25) is 0 Å². The number of para-hydroxylation sites is 1. The minimum atomic E-state index is -0.486. The SMILES string of the molecule is CCOc1cccc(/C=N/NC(=O)c2cnccn2)c1O. The first kappa shape index (κ1) is 14.4. The molecule has 1 aromatic carbocycles. The molecule has 2 aromatic rings. The van der Waals surface area contributed by atoms with E-state index in [0.29, 0.717) is 17.9 Å². The molecule has 0 atom stereocenters. The maximum atomic E-state index is 11.7. The molecule has 1 amide bonds. The molecular formula is C14H14N4O3. The van der Waals surface area contributed by atoms with Crippen LogP contribution in [0.3, 0.4) is 0 Å². The highest BCUT2D eigenvalue weighted by molar-refractivity contribution is 5.93. The summed E-state index contributed by atoms with van der Waals surface area (Å²) in [6, 6.07) is 5.01. The molecule has 0 bridgehead atoms. The number of hydrogen-bond donors (Lipinski definition) is 2. The van der Waals surface area contributed by atoms with Crippen molar-refractivity contribution in [2.24, 2.45) is 5.10 Å². The first-order chi connectivity index (χ1) is 10.2. The predicted octanol–water partition coefficient (Wildman–Crippen LogP) is 1.34. The Morgan fingerprint density at radius 3 is 3.05 bits per heavy atom. The third-order valence-corrected chi connectivity index (χ3v) is 2.50. The van der Waals surface area contributed by atoms with Crippen molar-refractivity contribution in [1.82, 2.24) is 15.4 Å². The van der Waals surface area contributed by atoms with Crippen LogP contribution < -0.4 is 10.2 Å². The van der Waals surface area contributed by atoms with Crippen LogP contribution in [0.1, 0.15) is 23.0 Å². The Labute approximate surface area is 121 Å². The number of carbonyl (C=O) groups excluding carboxylic acids is 1. The molecule has 0 aliphatic rings. The molecule has 2 N–H and O–H groups in total. The van der Waals surface area contributed by atoms with Crippen LogP contribution >= 0.6 is 0 Å². The number of aromatic nitrogens is 2. The number of hydrazone groups is 1. The Hall–Kier alpha value is -2.96. The molecule has 0 spiro atoms. The van der Waals surface area contributed by atoms with E-state index >= 15 is 0 Å². The van der Waals surface area contributed by atoms with Gasteiger partial charge in [0.05, 0.1) is 19.0 Å². The minimum absolute atomic E-state index is 0.0307. The van der Waals surface area contributed by atoms with Crippen molar-refractivity contribution in [3.8, 4) is 11.5 Å². The van der Waals surface area contributed by atoms with Gasteiger partial charge in [-0.2, -0.15) is 5.10 Å². The lowest BCUT2D eigenvalue weighted by molar-refractivity contribution is 0.0949. The number of amides is 1. The Morgan fingerprint density at radius 1 is 1.48 bits per heavy atom. The van der Waals surface area contributed by atoms with Gasteiger partial charge in [0.15, 0.2) is 11.5 Å². The lowest BCUT2D eigenvalue weighted by Crippen LogP contribution is -2.19. The lowest BCUT2D eigenvalue weighted by Gasteiger charge is -2.07. The Morgan fingerprint density at radius 2 is 2.33 bits per heavy atom. The van der Waals surface area contributed by atoms with Crippen molar-refractivity contribution in [3.05, 3.63) is 48.0 Å². The Balaban J connectivity index is 2.05. The van der Waals surface area contributed by atoms with Gasteiger partial charge in [-0.15, -0.1) is 0 Å². The van der Waals surface area contributed by atoms with Gasteiger partial charge in [-0.3, -0.25) is 9.78 Å². The van der Waals surface area contributed by atoms with Gasteiger partial charge in [-0.05, 0) is 19.1 Å². The molecule has 0 aliphatic carbocycles. The highest BCUT2D eigenvalue weighted by atomic mass is 16.5. The van der Waals surface area contributed by atoms with Gasteiger partial charge in [0, 0.05) is 18.0 Å². The highest BCUT2D eigenvalue weighted by Crippen LogP contribution is 2.28. The zero-order valence-corrected chi connectivity index (χ0v) is 11.4. The van der Waals surface area contributed by atoms with Gasteiger partial charge in [0.25, 0.3) is 5.91 Å². The predicted molar refractivity (Wildman–Crippen MR) is 76.4 cm³/mol. The van der Waals surface area contributed by atoms with Crippen LogP contribution in [0, 0.1) is 0 Å². The molecule has 0 saturated heterocycles. The monoisotopic (exact) mass is 286 g/mol. The third kappa shape index (κ3) is 3.75. The van der Waals surface area contributed by atoms with Crippen LogP contribution in [0.4, 0.5) is 0 Å². The summed E-state index contributed by atoms with van der Waals surface area (Å²) in [5, 5.41) is 13.7. The zero-order valence-electron chi connectivity index (χ0n) is 11.4. The van der Waals surface area contributed by atoms with Crippen molar-refractivity contribution in [2.75, 3.05) is 6.61 Å². The molecular weight excluding hydrogens is 272 g/mol. The number of ether oxygens (including phenoxy) is 1. The number of hydrogen-bond acceptors (Lipinski definition) is 6. The Bertz CT molecular complexity index is 644. The second kappa shape index (κ2) is 6.99. The van der Waals surface area contributed by atoms with E-state index in [1.54, 1.807) is 18.2 Å². The summed E-state index contributed by atoms with van der Waals surface area (Å²) in [5.74, 6) is -0.154. The van der Waals surface area contributed by atoms with E-state index in [1.807, 2.05) is 6.92 Å². The van der Waals surface area contributed by atoms with Gasteiger partial charge in [0.2, 0.25) is 0 Å². The molecule has 0 fully saturated rings. The molecule has 21 heavy (non-hydrogen) atoms. The van der Waals surface area contributed by atoms with E-state index in [1.165, 1.54) is 24.8 Å².